The van der Waals surface area contributed by atoms with Crippen LogP contribution in [0.3, 0.4) is 0 Å². The van der Waals surface area contributed by atoms with Gasteiger partial charge in [-0.3, -0.25) is 4.98 Å². The first-order chi connectivity index (χ1) is 10.1. The lowest BCUT2D eigenvalue weighted by Crippen LogP contribution is -2.42. The number of halogens is 2. The predicted molar refractivity (Wildman–Crippen MR) is 75.2 cm³/mol. The molecule has 1 saturated heterocycles. The zero-order chi connectivity index (χ0) is 14.9. The fraction of sp³-hybridized carbons (Fsp3) is 0.400. The average molecular weight is 294 g/mol. The third-order valence-corrected chi connectivity index (χ3v) is 3.79. The summed E-state index contributed by atoms with van der Waals surface area (Å²) in [4.78, 5) is 3.93. The summed E-state index contributed by atoms with van der Waals surface area (Å²) in [7, 11) is 0. The fourth-order valence-electron chi connectivity index (χ4n) is 2.52. The number of ether oxygens (including phenoxy) is 1. The van der Waals surface area contributed by atoms with Crippen LogP contribution in [-0.4, -0.2) is 35.5 Å². The van der Waals surface area contributed by atoms with Crippen molar-refractivity contribution in [2.45, 2.75) is 18.4 Å². The smallest absolute Gasteiger partial charge is 0.152 e. The van der Waals surface area contributed by atoms with Gasteiger partial charge in [-0.15, -0.1) is 0 Å². The molecule has 0 radical (unpaired) electrons. The van der Waals surface area contributed by atoms with Crippen LogP contribution < -0.4 is 5.32 Å². The standard InChI is InChI=1S/C15H16F2N2O2/c16-10-7-11-13(1-4-18-14(11)12(17)8-10)19-9-15(20)2-5-21-6-3-15/h1,4,7-8,20H,2-3,5-6,9H2,(H,18,19). The first kappa shape index (κ1) is 14.2. The molecule has 0 spiro atoms. The van der Waals surface area contributed by atoms with Crippen molar-refractivity contribution >= 4 is 16.6 Å². The van der Waals surface area contributed by atoms with E-state index in [0.717, 1.165) is 6.07 Å². The van der Waals surface area contributed by atoms with Crippen molar-refractivity contribution in [2.24, 2.45) is 0 Å². The molecule has 0 unspecified atom stereocenters. The zero-order valence-electron chi connectivity index (χ0n) is 11.4. The molecule has 21 heavy (non-hydrogen) atoms. The molecule has 1 aromatic carbocycles. The van der Waals surface area contributed by atoms with E-state index < -0.39 is 17.2 Å². The Hall–Kier alpha value is -1.79. The minimum absolute atomic E-state index is 0.111. The number of hydrogen-bond donors (Lipinski definition) is 2. The SMILES string of the molecule is OC1(CNc2ccnc3c(F)cc(F)cc23)CCOCC1. The normalized spacial score (nSPS) is 17.9. The topological polar surface area (TPSA) is 54.4 Å². The largest absolute Gasteiger partial charge is 0.388 e. The molecule has 1 aliphatic heterocycles. The molecular weight excluding hydrogens is 278 g/mol. The molecule has 1 fully saturated rings. The number of aromatic nitrogens is 1. The van der Waals surface area contributed by atoms with Crippen LogP contribution in [0.1, 0.15) is 12.8 Å². The monoisotopic (exact) mass is 294 g/mol. The van der Waals surface area contributed by atoms with Gasteiger partial charge in [0.25, 0.3) is 0 Å². The van der Waals surface area contributed by atoms with Gasteiger partial charge in [0, 0.05) is 55.9 Å². The molecule has 6 heteroatoms. The number of anilines is 1. The number of pyridine rings is 1. The lowest BCUT2D eigenvalue weighted by Gasteiger charge is -2.32. The molecule has 0 amide bonds. The second-order valence-corrected chi connectivity index (χ2v) is 5.33. The predicted octanol–water partition coefficient (Wildman–Crippen LogP) is 2.47. The Bertz CT molecular complexity index is 657. The van der Waals surface area contributed by atoms with Crippen molar-refractivity contribution in [2.75, 3.05) is 25.1 Å². The van der Waals surface area contributed by atoms with Gasteiger partial charge < -0.3 is 15.2 Å². The summed E-state index contributed by atoms with van der Waals surface area (Å²) in [5.41, 5.74) is -0.196. The summed E-state index contributed by atoms with van der Waals surface area (Å²) in [6.07, 6.45) is 2.52. The molecule has 112 valence electrons. The fourth-order valence-corrected chi connectivity index (χ4v) is 2.52. The number of rotatable bonds is 3. The van der Waals surface area contributed by atoms with Gasteiger partial charge in [-0.05, 0) is 12.1 Å². The van der Waals surface area contributed by atoms with Gasteiger partial charge in [0.2, 0.25) is 0 Å². The van der Waals surface area contributed by atoms with E-state index in [1.54, 1.807) is 6.07 Å². The summed E-state index contributed by atoms with van der Waals surface area (Å²) in [6, 6.07) is 3.69. The van der Waals surface area contributed by atoms with E-state index in [4.69, 9.17) is 4.74 Å². The van der Waals surface area contributed by atoms with Crippen LogP contribution in [0, 0.1) is 11.6 Å². The Labute approximate surface area is 120 Å². The zero-order valence-corrected chi connectivity index (χ0v) is 11.4. The lowest BCUT2D eigenvalue weighted by atomic mass is 9.94. The van der Waals surface area contributed by atoms with E-state index in [0.29, 0.717) is 43.7 Å². The Kier molecular flexibility index (Phi) is 3.73. The molecule has 0 aliphatic carbocycles. The molecule has 1 aromatic heterocycles. The minimum Gasteiger partial charge on any atom is -0.388 e. The second-order valence-electron chi connectivity index (χ2n) is 5.33. The number of nitrogens with zero attached hydrogens (tertiary/aromatic N) is 1. The van der Waals surface area contributed by atoms with E-state index in [1.165, 1.54) is 12.3 Å². The highest BCUT2D eigenvalue weighted by molar-refractivity contribution is 5.91. The van der Waals surface area contributed by atoms with Gasteiger partial charge in [-0.2, -0.15) is 0 Å². The maximum atomic E-state index is 13.7. The van der Waals surface area contributed by atoms with Crippen molar-refractivity contribution in [1.29, 1.82) is 0 Å². The Morgan fingerprint density at radius 1 is 1.29 bits per heavy atom. The highest BCUT2D eigenvalue weighted by Crippen LogP contribution is 2.27. The summed E-state index contributed by atoms with van der Waals surface area (Å²) in [5.74, 6) is -1.35. The van der Waals surface area contributed by atoms with E-state index in [-0.39, 0.29) is 5.52 Å². The molecule has 3 rings (SSSR count). The first-order valence-electron chi connectivity index (χ1n) is 6.85. The van der Waals surface area contributed by atoms with Crippen LogP contribution in [0.25, 0.3) is 10.9 Å². The van der Waals surface area contributed by atoms with E-state index in [1.807, 2.05) is 0 Å². The van der Waals surface area contributed by atoms with Crippen molar-refractivity contribution < 1.29 is 18.6 Å². The molecule has 4 nitrogen and oxygen atoms in total. The number of hydrogen-bond acceptors (Lipinski definition) is 4. The van der Waals surface area contributed by atoms with Gasteiger partial charge in [0.15, 0.2) is 5.82 Å². The van der Waals surface area contributed by atoms with Gasteiger partial charge in [-0.25, -0.2) is 8.78 Å². The third kappa shape index (κ3) is 2.96. The molecule has 1 aliphatic rings. The maximum Gasteiger partial charge on any atom is 0.152 e. The molecular formula is C15H16F2N2O2. The average Bonchev–Trinajstić information content (AvgIpc) is 2.46. The summed E-state index contributed by atoms with van der Waals surface area (Å²) < 4.78 is 32.3. The van der Waals surface area contributed by atoms with Gasteiger partial charge in [0.05, 0.1) is 5.60 Å². The number of nitrogens with one attached hydrogen (secondary N) is 1. The molecule has 2 N–H and O–H groups in total. The Morgan fingerprint density at radius 3 is 2.81 bits per heavy atom. The van der Waals surface area contributed by atoms with E-state index in [2.05, 4.69) is 10.3 Å². The molecule has 2 aromatic rings. The van der Waals surface area contributed by atoms with Crippen LogP contribution >= 0.6 is 0 Å². The van der Waals surface area contributed by atoms with E-state index in [9.17, 15) is 13.9 Å². The van der Waals surface area contributed by atoms with Crippen LogP contribution in [0.15, 0.2) is 24.4 Å². The number of fused-ring (bicyclic) bond motifs is 1. The highest BCUT2D eigenvalue weighted by atomic mass is 19.1. The van der Waals surface area contributed by atoms with Crippen LogP contribution in [0.5, 0.6) is 0 Å². The first-order valence-corrected chi connectivity index (χ1v) is 6.85. The number of benzene rings is 1. The maximum absolute atomic E-state index is 13.7. The van der Waals surface area contributed by atoms with E-state index >= 15 is 0 Å². The van der Waals surface area contributed by atoms with Crippen LogP contribution in [-0.2, 0) is 4.74 Å². The molecule has 0 saturated carbocycles. The molecule has 2 heterocycles. The van der Waals surface area contributed by atoms with Gasteiger partial charge in [0.1, 0.15) is 11.3 Å². The second kappa shape index (κ2) is 5.54. The van der Waals surface area contributed by atoms with Crippen LogP contribution in [0.2, 0.25) is 0 Å². The third-order valence-electron chi connectivity index (χ3n) is 3.79. The summed E-state index contributed by atoms with van der Waals surface area (Å²) >= 11 is 0. The summed E-state index contributed by atoms with van der Waals surface area (Å²) in [6.45, 7) is 1.32. The Balaban J connectivity index is 1.87. The van der Waals surface area contributed by atoms with Crippen molar-refractivity contribution in [3.63, 3.8) is 0 Å². The van der Waals surface area contributed by atoms with Crippen molar-refractivity contribution in [3.8, 4) is 0 Å². The van der Waals surface area contributed by atoms with Gasteiger partial charge >= 0.3 is 0 Å². The van der Waals surface area contributed by atoms with Crippen molar-refractivity contribution in [3.05, 3.63) is 36.0 Å². The van der Waals surface area contributed by atoms with Crippen LogP contribution in [0.4, 0.5) is 14.5 Å². The lowest BCUT2D eigenvalue weighted by molar-refractivity contribution is -0.0543. The van der Waals surface area contributed by atoms with Crippen molar-refractivity contribution in [1.82, 2.24) is 4.98 Å². The number of aliphatic hydroxyl groups is 1. The molecule has 0 bridgehead atoms. The highest BCUT2D eigenvalue weighted by Gasteiger charge is 2.29. The summed E-state index contributed by atoms with van der Waals surface area (Å²) in [5, 5.41) is 13.8. The minimum atomic E-state index is -0.861. The Morgan fingerprint density at radius 2 is 2.05 bits per heavy atom. The quantitative estimate of drug-likeness (QED) is 0.913. The molecule has 0 atom stereocenters. The van der Waals surface area contributed by atoms with Gasteiger partial charge in [-0.1, -0.05) is 0 Å².